The normalized spacial score (nSPS) is 19.1. The van der Waals surface area contributed by atoms with E-state index in [1.165, 1.54) is 0 Å². The van der Waals surface area contributed by atoms with Crippen LogP contribution in [0.25, 0.3) is 0 Å². The Labute approximate surface area is 131 Å². The van der Waals surface area contributed by atoms with Gasteiger partial charge in [0.05, 0.1) is 13.2 Å². The van der Waals surface area contributed by atoms with Gasteiger partial charge < -0.3 is 19.5 Å². The number of amides is 1. The van der Waals surface area contributed by atoms with E-state index in [0.717, 1.165) is 11.1 Å². The fourth-order valence-electron chi connectivity index (χ4n) is 2.37. The molecule has 5 heteroatoms. The summed E-state index contributed by atoms with van der Waals surface area (Å²) in [4.78, 5) is 13.8. The summed E-state index contributed by atoms with van der Waals surface area (Å²) in [7, 11) is 0. The zero-order valence-electron chi connectivity index (χ0n) is 13.5. The molecular formula is C17H25NO4. The van der Waals surface area contributed by atoms with Crippen molar-refractivity contribution >= 4 is 6.09 Å². The molecule has 22 heavy (non-hydrogen) atoms. The van der Waals surface area contributed by atoms with Crippen molar-refractivity contribution in [1.29, 1.82) is 0 Å². The van der Waals surface area contributed by atoms with E-state index >= 15 is 0 Å². The van der Waals surface area contributed by atoms with Crippen LogP contribution in [0.5, 0.6) is 0 Å². The van der Waals surface area contributed by atoms with Gasteiger partial charge in [0.2, 0.25) is 0 Å². The Hall–Kier alpha value is -1.59. The average Bonchev–Trinajstić information content (AvgIpc) is 2.47. The molecule has 1 unspecified atom stereocenters. The van der Waals surface area contributed by atoms with E-state index in [1.54, 1.807) is 4.90 Å². The molecule has 122 valence electrons. The predicted molar refractivity (Wildman–Crippen MR) is 83.7 cm³/mol. The molecule has 2 rings (SSSR count). The molecule has 0 radical (unpaired) electrons. The van der Waals surface area contributed by atoms with Crippen LogP contribution in [0.3, 0.4) is 0 Å². The van der Waals surface area contributed by atoms with Crippen molar-refractivity contribution in [2.75, 3.05) is 26.3 Å². The van der Waals surface area contributed by atoms with Crippen LogP contribution < -0.4 is 0 Å². The van der Waals surface area contributed by atoms with Gasteiger partial charge >= 0.3 is 6.09 Å². The van der Waals surface area contributed by atoms with Gasteiger partial charge in [-0.25, -0.2) is 4.79 Å². The smallest absolute Gasteiger partial charge is 0.410 e. The number of carbonyl (C=O) groups is 1. The fourth-order valence-corrected chi connectivity index (χ4v) is 2.37. The molecule has 1 fully saturated rings. The summed E-state index contributed by atoms with van der Waals surface area (Å²) in [5, 5.41) is 8.94. The van der Waals surface area contributed by atoms with Crippen LogP contribution in [0.4, 0.5) is 4.79 Å². The number of benzene rings is 1. The molecule has 1 saturated heterocycles. The molecule has 0 aliphatic carbocycles. The number of hydrogen-bond acceptors (Lipinski definition) is 4. The molecule has 0 bridgehead atoms. The van der Waals surface area contributed by atoms with Crippen molar-refractivity contribution in [3.8, 4) is 0 Å². The first-order valence-corrected chi connectivity index (χ1v) is 7.68. The lowest BCUT2D eigenvalue weighted by Gasteiger charge is -2.34. The Morgan fingerprint density at radius 2 is 2.05 bits per heavy atom. The van der Waals surface area contributed by atoms with E-state index in [9.17, 15) is 4.79 Å². The third-order valence-corrected chi connectivity index (χ3v) is 3.47. The second-order valence-corrected chi connectivity index (χ2v) is 6.50. The monoisotopic (exact) mass is 307 g/mol. The van der Waals surface area contributed by atoms with Gasteiger partial charge in [-0.3, -0.25) is 0 Å². The van der Waals surface area contributed by atoms with Gasteiger partial charge in [-0.1, -0.05) is 24.3 Å². The molecule has 0 aromatic heterocycles. The summed E-state index contributed by atoms with van der Waals surface area (Å²) in [5.74, 6) is 0. The van der Waals surface area contributed by atoms with Crippen LogP contribution in [-0.4, -0.2) is 48.0 Å². The minimum Gasteiger partial charge on any atom is -0.444 e. The van der Waals surface area contributed by atoms with E-state index in [-0.39, 0.29) is 18.8 Å². The van der Waals surface area contributed by atoms with Gasteiger partial charge in [0, 0.05) is 13.2 Å². The summed E-state index contributed by atoms with van der Waals surface area (Å²) < 4.78 is 11.2. The highest BCUT2D eigenvalue weighted by molar-refractivity contribution is 5.68. The van der Waals surface area contributed by atoms with Crippen molar-refractivity contribution in [1.82, 2.24) is 4.90 Å². The third kappa shape index (κ3) is 4.71. The van der Waals surface area contributed by atoms with Crippen LogP contribution in [0.2, 0.25) is 0 Å². The summed E-state index contributed by atoms with van der Waals surface area (Å²) in [5.41, 5.74) is 1.64. The van der Waals surface area contributed by atoms with E-state index in [1.807, 2.05) is 45.0 Å². The second-order valence-electron chi connectivity index (χ2n) is 6.50. The quantitative estimate of drug-likeness (QED) is 0.932. The lowest BCUT2D eigenvalue weighted by atomic mass is 10.0. The summed E-state index contributed by atoms with van der Waals surface area (Å²) >= 11 is 0. The largest absolute Gasteiger partial charge is 0.444 e. The molecule has 1 N–H and O–H groups in total. The van der Waals surface area contributed by atoms with E-state index in [4.69, 9.17) is 14.6 Å². The van der Waals surface area contributed by atoms with Gasteiger partial charge in [-0.05, 0) is 38.3 Å². The Kier molecular flexibility index (Phi) is 5.42. The summed E-state index contributed by atoms with van der Waals surface area (Å²) in [6.45, 7) is 7.28. The first-order valence-electron chi connectivity index (χ1n) is 7.68. The lowest BCUT2D eigenvalue weighted by molar-refractivity contribution is -0.0432. The molecular weight excluding hydrogens is 282 g/mol. The molecule has 1 aromatic carbocycles. The maximum atomic E-state index is 12.2. The molecule has 1 amide bonds. The highest BCUT2D eigenvalue weighted by atomic mass is 16.6. The van der Waals surface area contributed by atoms with Gasteiger partial charge in [0.1, 0.15) is 11.7 Å². The van der Waals surface area contributed by atoms with Crippen LogP contribution >= 0.6 is 0 Å². The van der Waals surface area contributed by atoms with Crippen molar-refractivity contribution < 1.29 is 19.4 Å². The van der Waals surface area contributed by atoms with Crippen molar-refractivity contribution in [2.24, 2.45) is 0 Å². The Morgan fingerprint density at radius 1 is 1.36 bits per heavy atom. The Balaban J connectivity index is 1.99. The van der Waals surface area contributed by atoms with Crippen LogP contribution in [0, 0.1) is 0 Å². The lowest BCUT2D eigenvalue weighted by Crippen LogP contribution is -2.44. The van der Waals surface area contributed by atoms with Gasteiger partial charge in [-0.15, -0.1) is 0 Å². The minimum absolute atomic E-state index is 0.135. The molecule has 1 aliphatic heterocycles. The van der Waals surface area contributed by atoms with Crippen molar-refractivity contribution in [3.63, 3.8) is 0 Å². The SMILES string of the molecule is CC(C)(C)OC(=O)N1CCOC(c2ccc(CCO)cc2)C1. The summed E-state index contributed by atoms with van der Waals surface area (Å²) in [6, 6.07) is 7.96. The third-order valence-electron chi connectivity index (χ3n) is 3.47. The van der Waals surface area contributed by atoms with E-state index in [2.05, 4.69) is 0 Å². The molecule has 1 atom stereocenters. The van der Waals surface area contributed by atoms with Gasteiger partial charge in [-0.2, -0.15) is 0 Å². The van der Waals surface area contributed by atoms with Crippen LogP contribution in [0.15, 0.2) is 24.3 Å². The number of morpholine rings is 1. The molecule has 1 aromatic rings. The van der Waals surface area contributed by atoms with Crippen LogP contribution in [0.1, 0.15) is 38.0 Å². The topological polar surface area (TPSA) is 59.0 Å². The standard InChI is InChI=1S/C17H25NO4/c1-17(2,3)22-16(20)18-9-11-21-15(12-18)14-6-4-13(5-7-14)8-10-19/h4-7,15,19H,8-12H2,1-3H3. The molecule has 1 aliphatic rings. The molecule has 1 heterocycles. The highest BCUT2D eigenvalue weighted by Gasteiger charge is 2.28. The maximum absolute atomic E-state index is 12.2. The van der Waals surface area contributed by atoms with E-state index < -0.39 is 5.60 Å². The number of aliphatic hydroxyl groups is 1. The molecule has 0 spiro atoms. The molecule has 0 saturated carbocycles. The van der Waals surface area contributed by atoms with Crippen LogP contribution in [-0.2, 0) is 15.9 Å². The Bertz CT molecular complexity index is 492. The first-order chi connectivity index (χ1) is 10.4. The van der Waals surface area contributed by atoms with E-state index in [0.29, 0.717) is 26.1 Å². The summed E-state index contributed by atoms with van der Waals surface area (Å²) in [6.07, 6.45) is 0.220. The zero-order chi connectivity index (χ0) is 16.2. The molecule has 5 nitrogen and oxygen atoms in total. The highest BCUT2D eigenvalue weighted by Crippen LogP contribution is 2.24. The van der Waals surface area contributed by atoms with Gasteiger partial charge in [0.25, 0.3) is 0 Å². The fraction of sp³-hybridized carbons (Fsp3) is 0.588. The number of nitrogens with zero attached hydrogens (tertiary/aromatic N) is 1. The Morgan fingerprint density at radius 3 is 2.64 bits per heavy atom. The number of ether oxygens (including phenoxy) is 2. The average molecular weight is 307 g/mol. The van der Waals surface area contributed by atoms with Gasteiger partial charge in [0.15, 0.2) is 0 Å². The second kappa shape index (κ2) is 7.11. The zero-order valence-corrected chi connectivity index (χ0v) is 13.5. The van der Waals surface area contributed by atoms with Crippen molar-refractivity contribution in [3.05, 3.63) is 35.4 Å². The number of aliphatic hydroxyl groups excluding tert-OH is 1. The predicted octanol–water partition coefficient (Wildman–Crippen LogP) is 2.53. The number of hydrogen-bond donors (Lipinski definition) is 1. The number of carbonyl (C=O) groups excluding carboxylic acids is 1. The minimum atomic E-state index is -0.489. The van der Waals surface area contributed by atoms with Crippen molar-refractivity contribution in [2.45, 2.75) is 38.9 Å². The number of rotatable bonds is 3. The first kappa shape index (κ1) is 16.8. The maximum Gasteiger partial charge on any atom is 0.410 e.